The normalized spacial score (nSPS) is 9.97. The van der Waals surface area contributed by atoms with Gasteiger partial charge in [-0.05, 0) is 73.0 Å². The van der Waals surface area contributed by atoms with E-state index in [4.69, 9.17) is 5.26 Å². The maximum absolute atomic E-state index is 14.5. The third-order valence-electron chi connectivity index (χ3n) is 5.95. The highest BCUT2D eigenvalue weighted by atomic mass is 19.1. The van der Waals surface area contributed by atoms with Crippen LogP contribution in [-0.2, 0) is 6.42 Å². The van der Waals surface area contributed by atoms with Gasteiger partial charge in [-0.2, -0.15) is 5.26 Å². The van der Waals surface area contributed by atoms with E-state index >= 15 is 0 Å². The molecule has 1 nitrogen and oxygen atoms in total. The molecule has 2 heteroatoms. The first-order valence-electron chi connectivity index (χ1n) is 12.6. The average Bonchev–Trinajstić information content (AvgIpc) is 2.89. The zero-order chi connectivity index (χ0) is 24.7. The van der Waals surface area contributed by atoms with E-state index in [2.05, 4.69) is 48.8 Å². The molecule has 35 heavy (non-hydrogen) atoms. The van der Waals surface area contributed by atoms with E-state index in [1.807, 2.05) is 12.1 Å². The Balaban J connectivity index is 1.49. The number of aryl methyl sites for hydroxylation is 1. The fraction of sp³-hybridized carbons (Fsp3) is 0.303. The minimum absolute atomic E-state index is 0.324. The number of unbranched alkanes of at least 4 members (excludes halogenated alkanes) is 7. The number of rotatable bonds is 9. The Hall–Kier alpha value is -3.80. The summed E-state index contributed by atoms with van der Waals surface area (Å²) in [5, 5.41) is 8.85. The lowest BCUT2D eigenvalue weighted by atomic mass is 10.0. The Morgan fingerprint density at radius 1 is 0.600 bits per heavy atom. The Bertz CT molecular complexity index is 1240. The van der Waals surface area contributed by atoms with Crippen molar-refractivity contribution in [3.63, 3.8) is 0 Å². The van der Waals surface area contributed by atoms with Gasteiger partial charge in [-0.15, -0.1) is 0 Å². The van der Waals surface area contributed by atoms with Crippen LogP contribution in [0.2, 0.25) is 0 Å². The molecule has 3 aromatic rings. The van der Waals surface area contributed by atoms with Gasteiger partial charge < -0.3 is 0 Å². The highest BCUT2D eigenvalue weighted by molar-refractivity contribution is 5.49. The molecule has 0 N–H and O–H groups in total. The molecular formula is C33H32FN. The third kappa shape index (κ3) is 9.16. The van der Waals surface area contributed by atoms with Crippen LogP contribution in [0.15, 0.2) is 66.7 Å². The third-order valence-corrected chi connectivity index (χ3v) is 5.95. The molecule has 0 unspecified atom stereocenters. The van der Waals surface area contributed by atoms with E-state index in [9.17, 15) is 4.39 Å². The summed E-state index contributed by atoms with van der Waals surface area (Å²) in [5.74, 6) is 11.6. The number of nitrogens with zero attached hydrogens (tertiary/aromatic N) is 1. The van der Waals surface area contributed by atoms with Gasteiger partial charge in [0.2, 0.25) is 0 Å². The minimum Gasteiger partial charge on any atom is -0.206 e. The van der Waals surface area contributed by atoms with E-state index in [0.717, 1.165) is 17.5 Å². The predicted octanol–water partition coefficient (Wildman–Crippen LogP) is 8.18. The molecule has 0 saturated heterocycles. The summed E-state index contributed by atoms with van der Waals surface area (Å²) in [6.45, 7) is 2.26. The van der Waals surface area contributed by atoms with Gasteiger partial charge in [0.25, 0.3) is 0 Å². The number of nitriles is 1. The van der Waals surface area contributed by atoms with Gasteiger partial charge in [-0.3, -0.25) is 0 Å². The zero-order valence-electron chi connectivity index (χ0n) is 20.5. The van der Waals surface area contributed by atoms with Crippen LogP contribution < -0.4 is 0 Å². The van der Waals surface area contributed by atoms with Gasteiger partial charge in [-0.25, -0.2) is 4.39 Å². The zero-order valence-corrected chi connectivity index (χ0v) is 20.5. The second kappa shape index (κ2) is 14.5. The largest absolute Gasteiger partial charge is 0.206 e. The Labute approximate surface area is 210 Å². The van der Waals surface area contributed by atoms with E-state index in [-0.39, 0.29) is 0 Å². The van der Waals surface area contributed by atoms with Crippen molar-refractivity contribution in [3.05, 3.63) is 106 Å². The first-order chi connectivity index (χ1) is 17.2. The lowest BCUT2D eigenvalue weighted by molar-refractivity contribution is 0.575. The minimum atomic E-state index is -0.390. The summed E-state index contributed by atoms with van der Waals surface area (Å²) in [6, 6.07) is 22.2. The summed E-state index contributed by atoms with van der Waals surface area (Å²) < 4.78 is 14.5. The molecule has 0 heterocycles. The first-order valence-corrected chi connectivity index (χ1v) is 12.6. The highest BCUT2D eigenvalue weighted by Gasteiger charge is 2.00. The molecule has 3 aromatic carbocycles. The van der Waals surface area contributed by atoms with Crippen LogP contribution in [0.3, 0.4) is 0 Å². The number of benzene rings is 3. The molecule has 0 atom stereocenters. The van der Waals surface area contributed by atoms with E-state index in [1.54, 1.807) is 36.4 Å². The standard InChI is InChI=1S/C33H32FN/c1-2-3-4-5-6-7-8-9-10-27-11-13-28(14-12-27)15-18-30-22-24-32(33(34)25-30)23-21-29-16-19-31(26-35)20-17-29/h11-14,16-17,19-20,22,24-25H,2-10H2,1H3. The molecular weight excluding hydrogens is 429 g/mol. The summed E-state index contributed by atoms with van der Waals surface area (Å²) in [6.07, 6.45) is 11.8. The number of hydrogen-bond acceptors (Lipinski definition) is 1. The van der Waals surface area contributed by atoms with E-state index < -0.39 is 5.82 Å². The first kappa shape index (κ1) is 25.8. The SMILES string of the molecule is CCCCCCCCCCc1ccc(C#Cc2ccc(C#Cc3ccc(C#N)cc3)c(F)c2)cc1. The predicted molar refractivity (Wildman–Crippen MR) is 142 cm³/mol. The van der Waals surface area contributed by atoms with Crippen LogP contribution in [0.4, 0.5) is 4.39 Å². The van der Waals surface area contributed by atoms with E-state index in [0.29, 0.717) is 16.7 Å². The summed E-state index contributed by atoms with van der Waals surface area (Å²) in [7, 11) is 0. The second-order valence-electron chi connectivity index (χ2n) is 8.81. The van der Waals surface area contributed by atoms with Crippen LogP contribution in [0.1, 0.15) is 91.7 Å². The molecule has 3 rings (SSSR count). The van der Waals surface area contributed by atoms with Crippen LogP contribution in [-0.4, -0.2) is 0 Å². The van der Waals surface area contributed by atoms with Crippen LogP contribution in [0, 0.1) is 40.8 Å². The van der Waals surface area contributed by atoms with Crippen molar-refractivity contribution in [3.8, 4) is 29.8 Å². The van der Waals surface area contributed by atoms with Crippen molar-refractivity contribution in [2.45, 2.75) is 64.7 Å². The van der Waals surface area contributed by atoms with Crippen molar-refractivity contribution in [1.29, 1.82) is 5.26 Å². The lowest BCUT2D eigenvalue weighted by Gasteiger charge is -2.03. The molecule has 0 aliphatic carbocycles. The Morgan fingerprint density at radius 3 is 1.74 bits per heavy atom. The molecule has 0 spiro atoms. The molecule has 0 fully saturated rings. The van der Waals surface area contributed by atoms with Crippen molar-refractivity contribution in [2.24, 2.45) is 0 Å². The fourth-order valence-corrected chi connectivity index (χ4v) is 3.82. The Morgan fingerprint density at radius 2 is 1.11 bits per heavy atom. The van der Waals surface area contributed by atoms with Gasteiger partial charge >= 0.3 is 0 Å². The van der Waals surface area contributed by atoms with Crippen molar-refractivity contribution >= 4 is 0 Å². The molecule has 0 bridgehead atoms. The average molecular weight is 462 g/mol. The monoisotopic (exact) mass is 461 g/mol. The number of halogens is 1. The van der Waals surface area contributed by atoms with Gasteiger partial charge in [0, 0.05) is 16.7 Å². The smallest absolute Gasteiger partial charge is 0.140 e. The summed E-state index contributed by atoms with van der Waals surface area (Å²) in [5.41, 5.74) is 4.52. The maximum Gasteiger partial charge on any atom is 0.140 e. The van der Waals surface area contributed by atoms with Gasteiger partial charge in [0.1, 0.15) is 5.82 Å². The summed E-state index contributed by atoms with van der Waals surface area (Å²) in [4.78, 5) is 0. The number of hydrogen-bond donors (Lipinski definition) is 0. The lowest BCUT2D eigenvalue weighted by Crippen LogP contribution is -1.88. The quantitative estimate of drug-likeness (QED) is 0.233. The van der Waals surface area contributed by atoms with Gasteiger partial charge in [0.15, 0.2) is 0 Å². The molecule has 0 aliphatic heterocycles. The van der Waals surface area contributed by atoms with Crippen molar-refractivity contribution in [1.82, 2.24) is 0 Å². The van der Waals surface area contributed by atoms with Gasteiger partial charge in [-0.1, -0.05) is 87.7 Å². The fourth-order valence-electron chi connectivity index (χ4n) is 3.82. The van der Waals surface area contributed by atoms with Crippen LogP contribution in [0.5, 0.6) is 0 Å². The molecule has 0 saturated carbocycles. The molecule has 0 radical (unpaired) electrons. The van der Waals surface area contributed by atoms with E-state index in [1.165, 1.54) is 63.0 Å². The van der Waals surface area contributed by atoms with Crippen molar-refractivity contribution < 1.29 is 4.39 Å². The summed E-state index contributed by atoms with van der Waals surface area (Å²) >= 11 is 0. The topological polar surface area (TPSA) is 23.8 Å². The highest BCUT2D eigenvalue weighted by Crippen LogP contribution is 2.13. The van der Waals surface area contributed by atoms with Crippen LogP contribution in [0.25, 0.3) is 0 Å². The molecule has 0 aromatic heterocycles. The molecule has 0 aliphatic rings. The maximum atomic E-state index is 14.5. The molecule has 0 amide bonds. The van der Waals surface area contributed by atoms with Crippen LogP contribution >= 0.6 is 0 Å². The van der Waals surface area contributed by atoms with Gasteiger partial charge in [0.05, 0.1) is 17.2 Å². The Kier molecular flexibility index (Phi) is 10.7. The molecule has 176 valence electrons. The second-order valence-corrected chi connectivity index (χ2v) is 8.81. The van der Waals surface area contributed by atoms with Crippen molar-refractivity contribution in [2.75, 3.05) is 0 Å².